The average Bonchev–Trinajstić information content (AvgIpc) is 2.60. The van der Waals surface area contributed by atoms with Crippen LogP contribution in [0, 0.1) is 0 Å². The monoisotopic (exact) mass is 338 g/mol. The zero-order valence-electron chi connectivity index (χ0n) is 14.2. The molecule has 0 atom stereocenters. The Hall–Kier alpha value is -2.95. The Labute approximate surface area is 147 Å². The molecule has 0 saturated carbocycles. The quantitative estimate of drug-likeness (QED) is 0.775. The van der Waals surface area contributed by atoms with E-state index in [-0.39, 0.29) is 12.3 Å². The maximum atomic E-state index is 10.9. The molecular weight excluding hydrogens is 316 g/mol. The summed E-state index contributed by atoms with van der Waals surface area (Å²) in [4.78, 5) is 25.8. The largest absolute Gasteiger partial charge is 0.481 e. The Kier molecular flexibility index (Phi) is 6.89. The molecule has 0 spiro atoms. The molecule has 0 bridgehead atoms. The summed E-state index contributed by atoms with van der Waals surface area (Å²) in [5.41, 5.74) is 4.08. The van der Waals surface area contributed by atoms with Gasteiger partial charge in [-0.3, -0.25) is 14.6 Å². The zero-order valence-corrected chi connectivity index (χ0v) is 14.2. The minimum Gasteiger partial charge on any atom is -0.481 e. The van der Waals surface area contributed by atoms with E-state index in [1.165, 1.54) is 6.92 Å². The second-order valence-corrected chi connectivity index (χ2v) is 5.72. The topological polar surface area (TPSA) is 79.3 Å². The SMILES string of the molecule is CC(=O)NCCc1ccc(/C(=C/CCC(=O)O)c2cccnc2)cc1. The molecule has 2 aromatic rings. The van der Waals surface area contributed by atoms with Gasteiger partial charge in [0.25, 0.3) is 0 Å². The van der Waals surface area contributed by atoms with Gasteiger partial charge in [-0.15, -0.1) is 0 Å². The Morgan fingerprint density at radius 1 is 1.16 bits per heavy atom. The van der Waals surface area contributed by atoms with E-state index in [9.17, 15) is 9.59 Å². The number of hydrogen-bond donors (Lipinski definition) is 2. The molecule has 1 amide bonds. The minimum absolute atomic E-state index is 0.0307. The molecule has 2 rings (SSSR count). The van der Waals surface area contributed by atoms with Crippen LogP contribution in [0.4, 0.5) is 0 Å². The van der Waals surface area contributed by atoms with Crippen molar-refractivity contribution < 1.29 is 14.7 Å². The van der Waals surface area contributed by atoms with E-state index in [4.69, 9.17) is 5.11 Å². The maximum Gasteiger partial charge on any atom is 0.303 e. The molecule has 25 heavy (non-hydrogen) atoms. The number of aromatic nitrogens is 1. The number of nitrogens with zero attached hydrogens (tertiary/aromatic N) is 1. The molecular formula is C20H22N2O3. The van der Waals surface area contributed by atoms with Gasteiger partial charge in [0.05, 0.1) is 0 Å². The van der Waals surface area contributed by atoms with Crippen molar-refractivity contribution in [3.8, 4) is 0 Å². The average molecular weight is 338 g/mol. The molecule has 0 unspecified atom stereocenters. The number of amides is 1. The van der Waals surface area contributed by atoms with Crippen LogP contribution in [0.5, 0.6) is 0 Å². The van der Waals surface area contributed by atoms with Gasteiger partial charge in [0.2, 0.25) is 5.91 Å². The molecule has 0 saturated heterocycles. The fourth-order valence-electron chi connectivity index (χ4n) is 2.50. The Bertz CT molecular complexity index is 737. The van der Waals surface area contributed by atoms with Crippen LogP contribution >= 0.6 is 0 Å². The number of carbonyl (C=O) groups excluding carboxylic acids is 1. The highest BCUT2D eigenvalue weighted by atomic mass is 16.4. The highest BCUT2D eigenvalue weighted by Gasteiger charge is 2.06. The summed E-state index contributed by atoms with van der Waals surface area (Å²) in [6.07, 6.45) is 6.76. The number of carboxylic acid groups (broad SMARTS) is 1. The van der Waals surface area contributed by atoms with Crippen LogP contribution in [0.3, 0.4) is 0 Å². The first-order valence-corrected chi connectivity index (χ1v) is 8.22. The van der Waals surface area contributed by atoms with Gasteiger partial charge in [-0.25, -0.2) is 0 Å². The van der Waals surface area contributed by atoms with Crippen LogP contribution in [-0.2, 0) is 16.0 Å². The number of aliphatic carboxylic acids is 1. The maximum absolute atomic E-state index is 10.9. The van der Waals surface area contributed by atoms with Crippen molar-refractivity contribution in [2.24, 2.45) is 0 Å². The third-order valence-corrected chi connectivity index (χ3v) is 3.73. The number of pyridine rings is 1. The molecule has 1 heterocycles. The fourth-order valence-corrected chi connectivity index (χ4v) is 2.50. The van der Waals surface area contributed by atoms with Crippen molar-refractivity contribution in [3.63, 3.8) is 0 Å². The van der Waals surface area contributed by atoms with Crippen molar-refractivity contribution in [1.29, 1.82) is 0 Å². The van der Waals surface area contributed by atoms with Gasteiger partial charge in [-0.1, -0.05) is 36.4 Å². The van der Waals surface area contributed by atoms with Gasteiger partial charge in [-0.05, 0) is 35.6 Å². The number of hydrogen-bond acceptors (Lipinski definition) is 3. The molecule has 1 aromatic heterocycles. The normalized spacial score (nSPS) is 11.2. The fraction of sp³-hybridized carbons (Fsp3) is 0.250. The molecule has 0 radical (unpaired) electrons. The molecule has 0 aliphatic heterocycles. The number of allylic oxidation sites excluding steroid dienone is 1. The summed E-state index contributed by atoms with van der Waals surface area (Å²) < 4.78 is 0. The van der Waals surface area contributed by atoms with E-state index >= 15 is 0 Å². The number of rotatable bonds is 8. The lowest BCUT2D eigenvalue weighted by Crippen LogP contribution is -2.22. The zero-order chi connectivity index (χ0) is 18.1. The molecule has 0 fully saturated rings. The second kappa shape index (κ2) is 9.37. The Balaban J connectivity index is 2.16. The third-order valence-electron chi connectivity index (χ3n) is 3.73. The molecule has 1 aromatic carbocycles. The summed E-state index contributed by atoms with van der Waals surface area (Å²) in [5.74, 6) is -0.841. The minimum atomic E-state index is -0.810. The van der Waals surface area contributed by atoms with Crippen LogP contribution < -0.4 is 5.32 Å². The van der Waals surface area contributed by atoms with Crippen LogP contribution in [0.2, 0.25) is 0 Å². The van der Waals surface area contributed by atoms with E-state index in [1.54, 1.807) is 12.4 Å². The first-order chi connectivity index (χ1) is 12.1. The third kappa shape index (κ3) is 6.22. The summed E-state index contributed by atoms with van der Waals surface area (Å²) in [6, 6.07) is 11.9. The predicted molar refractivity (Wildman–Crippen MR) is 97.0 cm³/mol. The van der Waals surface area contributed by atoms with Crippen molar-refractivity contribution >= 4 is 17.4 Å². The van der Waals surface area contributed by atoms with Crippen LogP contribution in [-0.4, -0.2) is 28.5 Å². The molecule has 130 valence electrons. The molecule has 0 aliphatic rings. The van der Waals surface area contributed by atoms with E-state index < -0.39 is 5.97 Å². The van der Waals surface area contributed by atoms with Crippen molar-refractivity contribution in [2.75, 3.05) is 6.54 Å². The molecule has 5 nitrogen and oxygen atoms in total. The Morgan fingerprint density at radius 3 is 2.52 bits per heavy atom. The van der Waals surface area contributed by atoms with E-state index in [2.05, 4.69) is 10.3 Å². The van der Waals surface area contributed by atoms with Gasteiger partial charge < -0.3 is 10.4 Å². The second-order valence-electron chi connectivity index (χ2n) is 5.72. The number of nitrogens with one attached hydrogen (secondary N) is 1. The molecule has 2 N–H and O–H groups in total. The standard InChI is InChI=1S/C20H22N2O3/c1-15(23)22-13-11-16-7-9-17(10-8-16)19(5-2-6-20(24)25)18-4-3-12-21-14-18/h3-5,7-10,12,14H,2,6,11,13H2,1H3,(H,22,23)(H,24,25)/b19-5-. The summed E-state index contributed by atoms with van der Waals surface area (Å²) >= 11 is 0. The van der Waals surface area contributed by atoms with Gasteiger partial charge in [0, 0.05) is 37.8 Å². The van der Waals surface area contributed by atoms with Gasteiger partial charge in [0.1, 0.15) is 0 Å². The van der Waals surface area contributed by atoms with Crippen LogP contribution in [0.25, 0.3) is 5.57 Å². The van der Waals surface area contributed by atoms with Crippen molar-refractivity contribution in [1.82, 2.24) is 10.3 Å². The lowest BCUT2D eigenvalue weighted by atomic mass is 9.96. The lowest BCUT2D eigenvalue weighted by Gasteiger charge is -2.10. The van der Waals surface area contributed by atoms with Crippen molar-refractivity contribution in [3.05, 3.63) is 71.6 Å². The van der Waals surface area contributed by atoms with E-state index in [1.807, 2.05) is 42.5 Å². The summed E-state index contributed by atoms with van der Waals surface area (Å²) in [7, 11) is 0. The number of carbonyl (C=O) groups is 2. The lowest BCUT2D eigenvalue weighted by molar-refractivity contribution is -0.136. The van der Waals surface area contributed by atoms with E-state index in [0.717, 1.165) is 28.7 Å². The van der Waals surface area contributed by atoms with Gasteiger partial charge >= 0.3 is 5.97 Å². The summed E-state index contributed by atoms with van der Waals surface area (Å²) in [5, 5.41) is 11.6. The van der Waals surface area contributed by atoms with Gasteiger partial charge in [-0.2, -0.15) is 0 Å². The molecule has 5 heteroatoms. The predicted octanol–water partition coefficient (Wildman–Crippen LogP) is 3.06. The highest BCUT2D eigenvalue weighted by Crippen LogP contribution is 2.24. The van der Waals surface area contributed by atoms with Crippen molar-refractivity contribution in [2.45, 2.75) is 26.2 Å². The van der Waals surface area contributed by atoms with Crippen LogP contribution in [0.1, 0.15) is 36.5 Å². The number of carboxylic acids is 1. The first-order valence-electron chi connectivity index (χ1n) is 8.22. The van der Waals surface area contributed by atoms with Crippen LogP contribution in [0.15, 0.2) is 54.9 Å². The van der Waals surface area contributed by atoms with E-state index in [0.29, 0.717) is 13.0 Å². The molecule has 0 aliphatic carbocycles. The summed E-state index contributed by atoms with van der Waals surface area (Å²) in [6.45, 7) is 2.11. The smallest absolute Gasteiger partial charge is 0.303 e. The van der Waals surface area contributed by atoms with Gasteiger partial charge in [0.15, 0.2) is 0 Å². The Morgan fingerprint density at radius 2 is 1.92 bits per heavy atom. The number of benzene rings is 1. The first kappa shape index (κ1) is 18.4. The highest BCUT2D eigenvalue weighted by molar-refractivity contribution is 5.80.